The van der Waals surface area contributed by atoms with Gasteiger partial charge >= 0.3 is 11.9 Å². The molecular formula is C14H15NO5. The molecular weight excluding hydrogens is 262 g/mol. The van der Waals surface area contributed by atoms with Crippen LogP contribution in [0.4, 0.5) is 5.69 Å². The summed E-state index contributed by atoms with van der Waals surface area (Å²) in [6.07, 6.45) is -0.0920. The summed E-state index contributed by atoms with van der Waals surface area (Å²) in [5, 5.41) is 20.0. The highest BCUT2D eigenvalue weighted by molar-refractivity contribution is 6.08. The summed E-state index contributed by atoms with van der Waals surface area (Å²) in [4.78, 5) is 33.1. The highest BCUT2D eigenvalue weighted by atomic mass is 16.4. The minimum absolute atomic E-state index is 0.0232. The van der Waals surface area contributed by atoms with Crippen LogP contribution in [0.3, 0.4) is 0 Å². The Kier molecular flexibility index (Phi) is 5.02. The van der Waals surface area contributed by atoms with E-state index >= 15 is 0 Å². The SMILES string of the molecule is C/C(C(=O)O)=C(\C)C(=O)Nc1ccc(CC(=O)O)cc1. The van der Waals surface area contributed by atoms with Crippen molar-refractivity contribution in [2.45, 2.75) is 20.3 Å². The summed E-state index contributed by atoms with van der Waals surface area (Å²) in [6, 6.07) is 6.32. The maximum absolute atomic E-state index is 11.8. The number of carbonyl (C=O) groups excluding carboxylic acids is 1. The van der Waals surface area contributed by atoms with Crippen LogP contribution in [0.1, 0.15) is 19.4 Å². The molecule has 0 saturated heterocycles. The monoisotopic (exact) mass is 277 g/mol. The second kappa shape index (κ2) is 6.51. The van der Waals surface area contributed by atoms with Crippen molar-refractivity contribution in [3.8, 4) is 0 Å². The lowest BCUT2D eigenvalue weighted by atomic mass is 10.1. The number of hydrogen-bond donors (Lipinski definition) is 3. The number of aliphatic carboxylic acids is 2. The molecule has 1 amide bonds. The van der Waals surface area contributed by atoms with E-state index in [1.54, 1.807) is 24.3 Å². The number of carboxylic acid groups (broad SMARTS) is 2. The highest BCUT2D eigenvalue weighted by Crippen LogP contribution is 2.13. The molecule has 20 heavy (non-hydrogen) atoms. The van der Waals surface area contributed by atoms with Gasteiger partial charge in [-0.3, -0.25) is 9.59 Å². The topological polar surface area (TPSA) is 104 Å². The molecule has 6 heteroatoms. The molecule has 0 unspecified atom stereocenters. The van der Waals surface area contributed by atoms with E-state index in [2.05, 4.69) is 5.32 Å². The normalized spacial score (nSPS) is 11.5. The Bertz CT molecular complexity index is 572. The summed E-state index contributed by atoms with van der Waals surface area (Å²) < 4.78 is 0. The molecule has 1 aromatic rings. The molecule has 0 aliphatic heterocycles. The van der Waals surface area contributed by atoms with Gasteiger partial charge in [-0.15, -0.1) is 0 Å². The van der Waals surface area contributed by atoms with Crippen molar-refractivity contribution in [2.24, 2.45) is 0 Å². The van der Waals surface area contributed by atoms with Gasteiger partial charge in [-0.25, -0.2) is 4.79 Å². The summed E-state index contributed by atoms with van der Waals surface area (Å²) >= 11 is 0. The first-order valence-corrected chi connectivity index (χ1v) is 5.84. The number of carboxylic acids is 2. The van der Waals surface area contributed by atoms with Gasteiger partial charge in [0.2, 0.25) is 0 Å². The van der Waals surface area contributed by atoms with Crippen molar-refractivity contribution >= 4 is 23.5 Å². The average molecular weight is 277 g/mol. The quantitative estimate of drug-likeness (QED) is 0.710. The van der Waals surface area contributed by atoms with Gasteiger partial charge in [0, 0.05) is 16.8 Å². The van der Waals surface area contributed by atoms with Crippen LogP contribution in [-0.2, 0) is 20.8 Å². The second-order valence-electron chi connectivity index (χ2n) is 4.28. The minimum Gasteiger partial charge on any atom is -0.481 e. The van der Waals surface area contributed by atoms with Gasteiger partial charge < -0.3 is 15.5 Å². The third-order valence-corrected chi connectivity index (χ3v) is 2.79. The zero-order valence-electron chi connectivity index (χ0n) is 11.1. The third-order valence-electron chi connectivity index (χ3n) is 2.79. The van der Waals surface area contributed by atoms with Crippen molar-refractivity contribution in [2.75, 3.05) is 5.32 Å². The van der Waals surface area contributed by atoms with Crippen molar-refractivity contribution < 1.29 is 24.6 Å². The van der Waals surface area contributed by atoms with Gasteiger partial charge in [-0.1, -0.05) is 12.1 Å². The molecule has 1 aromatic carbocycles. The molecule has 0 aromatic heterocycles. The average Bonchev–Trinajstić information content (AvgIpc) is 2.38. The molecule has 0 bridgehead atoms. The van der Waals surface area contributed by atoms with Gasteiger partial charge in [0.05, 0.1) is 6.42 Å². The molecule has 0 aliphatic rings. The molecule has 106 valence electrons. The number of anilines is 1. The van der Waals surface area contributed by atoms with E-state index in [-0.39, 0.29) is 17.6 Å². The molecule has 0 spiro atoms. The van der Waals surface area contributed by atoms with Crippen LogP contribution < -0.4 is 5.32 Å². The summed E-state index contributed by atoms with van der Waals surface area (Å²) in [7, 11) is 0. The Morgan fingerprint density at radius 3 is 2.00 bits per heavy atom. The summed E-state index contributed by atoms with van der Waals surface area (Å²) in [6.45, 7) is 2.78. The summed E-state index contributed by atoms with van der Waals surface area (Å²) in [5.74, 6) is -2.58. The van der Waals surface area contributed by atoms with Crippen LogP contribution in [-0.4, -0.2) is 28.1 Å². The first-order valence-electron chi connectivity index (χ1n) is 5.84. The predicted molar refractivity (Wildman–Crippen MR) is 72.4 cm³/mol. The second-order valence-corrected chi connectivity index (χ2v) is 4.28. The number of amides is 1. The number of benzene rings is 1. The zero-order chi connectivity index (χ0) is 15.3. The molecule has 0 fully saturated rings. The van der Waals surface area contributed by atoms with E-state index in [4.69, 9.17) is 10.2 Å². The molecule has 6 nitrogen and oxygen atoms in total. The van der Waals surface area contributed by atoms with Crippen molar-refractivity contribution in [3.05, 3.63) is 41.0 Å². The molecule has 3 N–H and O–H groups in total. The number of carbonyl (C=O) groups is 3. The molecule has 0 aliphatic carbocycles. The van der Waals surface area contributed by atoms with Gasteiger partial charge in [-0.2, -0.15) is 0 Å². The van der Waals surface area contributed by atoms with Crippen LogP contribution in [0.5, 0.6) is 0 Å². The van der Waals surface area contributed by atoms with E-state index in [0.717, 1.165) is 0 Å². The number of hydrogen-bond acceptors (Lipinski definition) is 3. The van der Waals surface area contributed by atoms with Gasteiger partial charge in [-0.05, 0) is 31.5 Å². The first kappa shape index (κ1) is 15.4. The zero-order valence-corrected chi connectivity index (χ0v) is 11.1. The fraction of sp³-hybridized carbons (Fsp3) is 0.214. The standard InChI is InChI=1S/C14H15NO5/c1-8(9(2)14(19)20)13(18)15-11-5-3-10(4-6-11)7-12(16)17/h3-6H,7H2,1-2H3,(H,15,18)(H,16,17)(H,19,20)/b9-8-. The van der Waals surface area contributed by atoms with E-state index in [1.807, 2.05) is 0 Å². The lowest BCUT2D eigenvalue weighted by molar-refractivity contribution is -0.136. The van der Waals surface area contributed by atoms with E-state index < -0.39 is 17.8 Å². The van der Waals surface area contributed by atoms with Gasteiger partial charge in [0.25, 0.3) is 5.91 Å². The van der Waals surface area contributed by atoms with E-state index in [9.17, 15) is 14.4 Å². The molecule has 0 saturated carbocycles. The third kappa shape index (κ3) is 4.24. The lowest BCUT2D eigenvalue weighted by Crippen LogP contribution is -2.16. The number of rotatable bonds is 5. The smallest absolute Gasteiger partial charge is 0.331 e. The molecule has 1 rings (SSSR count). The van der Waals surface area contributed by atoms with Crippen molar-refractivity contribution in [3.63, 3.8) is 0 Å². The molecule has 0 radical (unpaired) electrons. The van der Waals surface area contributed by atoms with Crippen LogP contribution in [0, 0.1) is 0 Å². The molecule has 0 heterocycles. The van der Waals surface area contributed by atoms with E-state index in [1.165, 1.54) is 13.8 Å². The van der Waals surface area contributed by atoms with Crippen molar-refractivity contribution in [1.82, 2.24) is 0 Å². The first-order chi connectivity index (χ1) is 9.31. The Balaban J connectivity index is 2.79. The van der Waals surface area contributed by atoms with Crippen LogP contribution >= 0.6 is 0 Å². The Hall–Kier alpha value is -2.63. The van der Waals surface area contributed by atoms with Crippen molar-refractivity contribution in [1.29, 1.82) is 0 Å². The van der Waals surface area contributed by atoms with Gasteiger partial charge in [0.1, 0.15) is 0 Å². The van der Waals surface area contributed by atoms with E-state index in [0.29, 0.717) is 11.3 Å². The predicted octanol–water partition coefficient (Wildman–Crippen LogP) is 1.67. The van der Waals surface area contributed by atoms with Gasteiger partial charge in [0.15, 0.2) is 0 Å². The van der Waals surface area contributed by atoms with Crippen LogP contribution in [0.25, 0.3) is 0 Å². The minimum atomic E-state index is -1.14. The van der Waals surface area contributed by atoms with Crippen LogP contribution in [0.2, 0.25) is 0 Å². The largest absolute Gasteiger partial charge is 0.481 e. The Labute approximate surface area is 115 Å². The Morgan fingerprint density at radius 1 is 1.00 bits per heavy atom. The fourth-order valence-corrected chi connectivity index (χ4v) is 1.44. The Morgan fingerprint density at radius 2 is 1.55 bits per heavy atom. The molecule has 0 atom stereocenters. The fourth-order valence-electron chi connectivity index (χ4n) is 1.44. The summed E-state index contributed by atoms with van der Waals surface area (Å²) in [5.41, 5.74) is 1.18. The highest BCUT2D eigenvalue weighted by Gasteiger charge is 2.12. The maximum atomic E-state index is 11.8. The maximum Gasteiger partial charge on any atom is 0.331 e. The van der Waals surface area contributed by atoms with Crippen LogP contribution in [0.15, 0.2) is 35.4 Å². The lowest BCUT2D eigenvalue weighted by Gasteiger charge is -2.07. The number of nitrogens with one attached hydrogen (secondary N) is 1.